The van der Waals surface area contributed by atoms with Crippen molar-refractivity contribution in [1.82, 2.24) is 0 Å². The second-order valence-electron chi connectivity index (χ2n) is 4.15. The monoisotopic (exact) mass is 359 g/mol. The summed E-state index contributed by atoms with van der Waals surface area (Å²) in [7, 11) is -2.99. The third-order valence-corrected chi connectivity index (χ3v) is 4.79. The Kier molecular flexibility index (Phi) is 5.69. The number of esters is 1. The molecule has 0 unspecified atom stereocenters. The van der Waals surface area contributed by atoms with Gasteiger partial charge in [-0.25, -0.2) is 8.42 Å². The molecule has 0 radical (unpaired) electrons. The zero-order valence-corrected chi connectivity index (χ0v) is 13.2. The number of alkyl halides is 3. The summed E-state index contributed by atoms with van der Waals surface area (Å²) < 4.78 is 67.3. The molecule has 1 aromatic carbocycles. The minimum Gasteiger partial charge on any atom is -0.468 e. The van der Waals surface area contributed by atoms with Crippen molar-refractivity contribution in [2.45, 2.75) is 13.1 Å². The van der Waals surface area contributed by atoms with Crippen molar-refractivity contribution in [3.63, 3.8) is 0 Å². The summed E-state index contributed by atoms with van der Waals surface area (Å²) in [5.74, 6) is -1.35. The summed E-state index contributed by atoms with van der Waals surface area (Å²) in [6.45, 7) is 0.523. The first-order chi connectivity index (χ1) is 10.0. The molecular formula is C12H13ClF3NO4S. The average molecular weight is 360 g/mol. The van der Waals surface area contributed by atoms with Crippen LogP contribution in [0.1, 0.15) is 12.5 Å². The van der Waals surface area contributed by atoms with Gasteiger partial charge >= 0.3 is 12.1 Å². The van der Waals surface area contributed by atoms with E-state index in [1.54, 1.807) is 0 Å². The molecule has 0 aliphatic carbocycles. The Morgan fingerprint density at radius 2 is 1.95 bits per heavy atom. The van der Waals surface area contributed by atoms with Gasteiger partial charge in [-0.2, -0.15) is 13.2 Å². The van der Waals surface area contributed by atoms with E-state index < -0.39 is 45.7 Å². The molecule has 0 heterocycles. The van der Waals surface area contributed by atoms with Crippen molar-refractivity contribution in [3.8, 4) is 0 Å². The van der Waals surface area contributed by atoms with E-state index >= 15 is 0 Å². The predicted octanol–water partition coefficient (Wildman–Crippen LogP) is 2.69. The molecule has 0 fully saturated rings. The Balaban J connectivity index is 3.45. The third kappa shape index (κ3) is 4.26. The quantitative estimate of drug-likeness (QED) is 0.758. The Bertz CT molecular complexity index is 661. The normalized spacial score (nSPS) is 12.1. The Morgan fingerprint density at radius 3 is 2.41 bits per heavy atom. The van der Waals surface area contributed by atoms with Gasteiger partial charge in [0, 0.05) is 0 Å². The first-order valence-electron chi connectivity index (χ1n) is 5.97. The number of methoxy groups -OCH3 is 1. The summed E-state index contributed by atoms with van der Waals surface area (Å²) in [5, 5.41) is -0.228. The molecule has 0 bridgehead atoms. The van der Waals surface area contributed by atoms with Gasteiger partial charge in [0.1, 0.15) is 6.54 Å². The first-order valence-corrected chi connectivity index (χ1v) is 7.95. The molecule has 0 amide bonds. The molecule has 0 saturated carbocycles. The van der Waals surface area contributed by atoms with Crippen LogP contribution in [0.4, 0.5) is 18.9 Å². The van der Waals surface area contributed by atoms with E-state index in [0.717, 1.165) is 19.2 Å². The topological polar surface area (TPSA) is 63.7 Å². The van der Waals surface area contributed by atoms with Gasteiger partial charge < -0.3 is 4.74 Å². The van der Waals surface area contributed by atoms with Crippen LogP contribution in [0.5, 0.6) is 0 Å². The fraction of sp³-hybridized carbons (Fsp3) is 0.417. The molecule has 5 nitrogen and oxygen atoms in total. The lowest BCUT2D eigenvalue weighted by atomic mass is 10.2. The fourth-order valence-electron chi connectivity index (χ4n) is 1.55. The molecule has 124 valence electrons. The van der Waals surface area contributed by atoms with E-state index in [4.69, 9.17) is 11.6 Å². The molecule has 10 heteroatoms. The molecule has 0 aliphatic rings. The number of hydrogen-bond donors (Lipinski definition) is 0. The van der Waals surface area contributed by atoms with Crippen molar-refractivity contribution in [1.29, 1.82) is 0 Å². The van der Waals surface area contributed by atoms with Crippen molar-refractivity contribution in [2.24, 2.45) is 0 Å². The predicted molar refractivity (Wildman–Crippen MR) is 75.3 cm³/mol. The molecule has 0 saturated heterocycles. The lowest BCUT2D eigenvalue weighted by Crippen LogP contribution is -2.37. The van der Waals surface area contributed by atoms with Gasteiger partial charge in [-0.05, 0) is 25.1 Å². The molecule has 1 rings (SSSR count). The van der Waals surface area contributed by atoms with Crippen LogP contribution in [0.15, 0.2) is 18.2 Å². The highest BCUT2D eigenvalue weighted by Crippen LogP contribution is 2.36. The number of benzene rings is 1. The average Bonchev–Trinajstić information content (AvgIpc) is 2.43. The smallest absolute Gasteiger partial charge is 0.416 e. The number of nitrogens with zero attached hydrogens (tertiary/aromatic N) is 1. The number of halogens is 4. The number of anilines is 1. The van der Waals surface area contributed by atoms with Gasteiger partial charge in [0.05, 0.1) is 29.1 Å². The van der Waals surface area contributed by atoms with E-state index in [-0.39, 0.29) is 5.02 Å². The molecule has 0 aliphatic heterocycles. The Morgan fingerprint density at radius 1 is 1.36 bits per heavy atom. The van der Waals surface area contributed by atoms with E-state index in [9.17, 15) is 26.4 Å². The summed E-state index contributed by atoms with van der Waals surface area (Å²) >= 11 is 5.81. The van der Waals surface area contributed by atoms with Crippen molar-refractivity contribution >= 4 is 33.3 Å². The number of carbonyl (C=O) groups is 1. The van der Waals surface area contributed by atoms with E-state index in [0.29, 0.717) is 10.4 Å². The molecular weight excluding hydrogens is 347 g/mol. The number of rotatable bonds is 5. The van der Waals surface area contributed by atoms with Crippen LogP contribution in [-0.2, 0) is 25.7 Å². The maximum Gasteiger partial charge on any atom is 0.416 e. The Hall–Kier alpha value is -1.48. The number of sulfonamides is 1. The van der Waals surface area contributed by atoms with Crippen molar-refractivity contribution in [2.75, 3.05) is 23.7 Å². The zero-order chi connectivity index (χ0) is 17.1. The maximum absolute atomic E-state index is 12.8. The molecule has 0 aromatic heterocycles. The standard InChI is InChI=1S/C12H13ClF3NO4S/c1-3-22(19,20)17(7-11(18)21-2)10-6-8(12(14,15)16)4-5-9(10)13/h4-6H,3,7H2,1-2H3. The second kappa shape index (κ2) is 6.74. The van der Waals surface area contributed by atoms with Gasteiger partial charge in [0.15, 0.2) is 0 Å². The molecule has 0 spiro atoms. The van der Waals surface area contributed by atoms with Crippen LogP contribution in [0, 0.1) is 0 Å². The van der Waals surface area contributed by atoms with Crippen LogP contribution in [0.25, 0.3) is 0 Å². The molecule has 0 N–H and O–H groups in total. The highest BCUT2D eigenvalue weighted by molar-refractivity contribution is 7.92. The lowest BCUT2D eigenvalue weighted by Gasteiger charge is -2.24. The van der Waals surface area contributed by atoms with E-state index in [1.165, 1.54) is 6.92 Å². The van der Waals surface area contributed by atoms with Gasteiger partial charge in [0.25, 0.3) is 0 Å². The van der Waals surface area contributed by atoms with Gasteiger partial charge in [0.2, 0.25) is 10.0 Å². The van der Waals surface area contributed by atoms with Gasteiger partial charge in [-0.15, -0.1) is 0 Å². The van der Waals surface area contributed by atoms with Crippen molar-refractivity contribution < 1.29 is 31.1 Å². The molecule has 0 atom stereocenters. The van der Waals surface area contributed by atoms with Crippen LogP contribution >= 0.6 is 11.6 Å². The maximum atomic E-state index is 12.8. The van der Waals surface area contributed by atoms with Crippen molar-refractivity contribution in [3.05, 3.63) is 28.8 Å². The zero-order valence-electron chi connectivity index (χ0n) is 11.6. The fourth-order valence-corrected chi connectivity index (χ4v) is 2.89. The third-order valence-electron chi connectivity index (χ3n) is 2.74. The minimum absolute atomic E-state index is 0.228. The highest BCUT2D eigenvalue weighted by atomic mass is 35.5. The first kappa shape index (κ1) is 18.6. The largest absolute Gasteiger partial charge is 0.468 e. The van der Waals surface area contributed by atoms with Gasteiger partial charge in [-0.1, -0.05) is 11.6 Å². The second-order valence-corrected chi connectivity index (χ2v) is 6.74. The number of hydrogen-bond acceptors (Lipinski definition) is 4. The Labute approximate surface area is 130 Å². The summed E-state index contributed by atoms with van der Waals surface area (Å²) in [6.07, 6.45) is -4.67. The molecule has 22 heavy (non-hydrogen) atoms. The van der Waals surface area contributed by atoms with Crippen LogP contribution in [0.2, 0.25) is 5.02 Å². The minimum atomic E-state index is -4.67. The summed E-state index contributed by atoms with van der Waals surface area (Å²) in [4.78, 5) is 11.4. The van der Waals surface area contributed by atoms with Crippen LogP contribution in [-0.4, -0.2) is 33.8 Å². The number of carbonyl (C=O) groups excluding carboxylic acids is 1. The number of ether oxygens (including phenoxy) is 1. The van der Waals surface area contributed by atoms with Crippen LogP contribution in [0.3, 0.4) is 0 Å². The SMILES string of the molecule is CCS(=O)(=O)N(CC(=O)OC)c1cc(C(F)(F)F)ccc1Cl. The molecule has 1 aromatic rings. The van der Waals surface area contributed by atoms with Crippen LogP contribution < -0.4 is 4.31 Å². The summed E-state index contributed by atoms with van der Waals surface area (Å²) in [6, 6.07) is 2.23. The highest BCUT2D eigenvalue weighted by Gasteiger charge is 2.33. The summed E-state index contributed by atoms with van der Waals surface area (Å²) in [5.41, 5.74) is -1.50. The van der Waals surface area contributed by atoms with E-state index in [1.807, 2.05) is 0 Å². The van der Waals surface area contributed by atoms with Gasteiger partial charge in [-0.3, -0.25) is 9.10 Å². The lowest BCUT2D eigenvalue weighted by molar-refractivity contribution is -0.139. The van der Waals surface area contributed by atoms with E-state index in [2.05, 4.69) is 4.74 Å².